The minimum Gasteiger partial charge on any atom is -0.497 e. The summed E-state index contributed by atoms with van der Waals surface area (Å²) in [5, 5.41) is 2.03. The highest BCUT2D eigenvalue weighted by Gasteiger charge is 2.13. The van der Waals surface area contributed by atoms with Crippen molar-refractivity contribution in [2.45, 2.75) is 0 Å². The molecule has 0 radical (unpaired) electrons. The fourth-order valence-electron chi connectivity index (χ4n) is 2.50. The van der Waals surface area contributed by atoms with E-state index in [1.165, 1.54) is 0 Å². The third-order valence-electron chi connectivity index (χ3n) is 3.54. The first-order valence-electron chi connectivity index (χ1n) is 6.63. The van der Waals surface area contributed by atoms with E-state index in [0.29, 0.717) is 0 Å². The molecule has 0 N–H and O–H groups in total. The molecular weight excluding hydrogens is 264 g/mol. The Labute approximate surface area is 121 Å². The van der Waals surface area contributed by atoms with E-state index in [2.05, 4.69) is 9.97 Å². The number of aromatic nitrogens is 2. The number of furan rings is 1. The molecule has 4 nitrogen and oxygen atoms in total. The normalized spacial score (nSPS) is 11.1. The largest absolute Gasteiger partial charge is 0.497 e. The number of methoxy groups -OCH3 is 1. The lowest BCUT2D eigenvalue weighted by molar-refractivity contribution is 0.415. The van der Waals surface area contributed by atoms with Crippen LogP contribution in [0.2, 0.25) is 0 Å². The van der Waals surface area contributed by atoms with Gasteiger partial charge < -0.3 is 9.15 Å². The van der Waals surface area contributed by atoms with E-state index >= 15 is 0 Å². The van der Waals surface area contributed by atoms with E-state index in [9.17, 15) is 0 Å². The van der Waals surface area contributed by atoms with Gasteiger partial charge in [-0.05, 0) is 42.5 Å². The molecule has 3 aromatic heterocycles. The maximum Gasteiger partial charge on any atom is 0.160 e. The zero-order chi connectivity index (χ0) is 14.2. The molecule has 0 saturated heterocycles. The highest BCUT2D eigenvalue weighted by Crippen LogP contribution is 2.32. The SMILES string of the molecule is COc1ccc(-c2nc3ncccc3c3ccoc23)cc1. The summed E-state index contributed by atoms with van der Waals surface area (Å²) in [6.45, 7) is 0. The van der Waals surface area contributed by atoms with Gasteiger partial charge in [0.15, 0.2) is 11.2 Å². The van der Waals surface area contributed by atoms with Crippen LogP contribution < -0.4 is 4.74 Å². The van der Waals surface area contributed by atoms with Gasteiger partial charge in [-0.25, -0.2) is 9.97 Å². The summed E-state index contributed by atoms with van der Waals surface area (Å²) in [4.78, 5) is 9.01. The Morgan fingerprint density at radius 2 is 1.86 bits per heavy atom. The van der Waals surface area contributed by atoms with E-state index in [1.54, 1.807) is 19.6 Å². The maximum atomic E-state index is 5.65. The van der Waals surface area contributed by atoms with Crippen LogP contribution in [0.25, 0.3) is 33.3 Å². The highest BCUT2D eigenvalue weighted by atomic mass is 16.5. The monoisotopic (exact) mass is 276 g/mol. The van der Waals surface area contributed by atoms with Gasteiger partial charge in [-0.15, -0.1) is 0 Å². The van der Waals surface area contributed by atoms with Gasteiger partial charge >= 0.3 is 0 Å². The first kappa shape index (κ1) is 11.9. The molecule has 3 heterocycles. The van der Waals surface area contributed by atoms with Gasteiger partial charge in [0.2, 0.25) is 0 Å². The lowest BCUT2D eigenvalue weighted by Crippen LogP contribution is -1.90. The van der Waals surface area contributed by atoms with Crippen molar-refractivity contribution in [2.24, 2.45) is 0 Å². The molecule has 4 heteroatoms. The van der Waals surface area contributed by atoms with E-state index in [1.807, 2.05) is 42.5 Å². The second-order valence-electron chi connectivity index (χ2n) is 4.73. The van der Waals surface area contributed by atoms with Crippen LogP contribution in [-0.4, -0.2) is 17.1 Å². The smallest absolute Gasteiger partial charge is 0.160 e. The van der Waals surface area contributed by atoms with Crippen molar-refractivity contribution in [2.75, 3.05) is 7.11 Å². The van der Waals surface area contributed by atoms with Crippen LogP contribution in [0.5, 0.6) is 5.75 Å². The molecule has 0 spiro atoms. The number of ether oxygens (including phenoxy) is 1. The summed E-state index contributed by atoms with van der Waals surface area (Å²) in [5.41, 5.74) is 3.27. The molecule has 0 aliphatic rings. The van der Waals surface area contributed by atoms with Crippen LogP contribution in [0.1, 0.15) is 0 Å². The van der Waals surface area contributed by atoms with Gasteiger partial charge in [0, 0.05) is 22.5 Å². The Hall–Kier alpha value is -2.88. The van der Waals surface area contributed by atoms with Crippen molar-refractivity contribution in [3.8, 4) is 17.0 Å². The lowest BCUT2D eigenvalue weighted by Gasteiger charge is -2.06. The summed E-state index contributed by atoms with van der Waals surface area (Å²) >= 11 is 0. The van der Waals surface area contributed by atoms with Crippen LogP contribution in [0.4, 0.5) is 0 Å². The molecule has 0 amide bonds. The molecular formula is C17H12N2O2. The zero-order valence-corrected chi connectivity index (χ0v) is 11.4. The molecule has 0 bridgehead atoms. The second-order valence-corrected chi connectivity index (χ2v) is 4.73. The summed E-state index contributed by atoms with van der Waals surface area (Å²) < 4.78 is 10.8. The minimum atomic E-state index is 0.720. The molecule has 0 unspecified atom stereocenters. The quantitative estimate of drug-likeness (QED) is 0.554. The predicted octanol–water partition coefficient (Wildman–Crippen LogP) is 4.05. The van der Waals surface area contributed by atoms with Crippen LogP contribution in [0.3, 0.4) is 0 Å². The average molecular weight is 276 g/mol. The molecule has 0 aliphatic carbocycles. The lowest BCUT2D eigenvalue weighted by atomic mass is 10.1. The van der Waals surface area contributed by atoms with E-state index in [-0.39, 0.29) is 0 Å². The van der Waals surface area contributed by atoms with E-state index < -0.39 is 0 Å². The Bertz CT molecular complexity index is 926. The fraction of sp³-hybridized carbons (Fsp3) is 0.0588. The summed E-state index contributed by atoms with van der Waals surface area (Å²) in [6, 6.07) is 13.6. The highest BCUT2D eigenvalue weighted by molar-refractivity contribution is 6.07. The molecule has 0 saturated carbocycles. The first-order chi connectivity index (χ1) is 10.4. The van der Waals surface area contributed by atoms with Gasteiger partial charge in [-0.1, -0.05) is 0 Å². The molecule has 0 atom stereocenters. The van der Waals surface area contributed by atoms with Crippen LogP contribution in [0, 0.1) is 0 Å². The molecule has 1 aromatic carbocycles. The van der Waals surface area contributed by atoms with Crippen molar-refractivity contribution in [1.82, 2.24) is 9.97 Å². The predicted molar refractivity (Wildman–Crippen MR) is 81.3 cm³/mol. The summed E-state index contributed by atoms with van der Waals surface area (Å²) in [7, 11) is 1.65. The van der Waals surface area contributed by atoms with Crippen LogP contribution in [-0.2, 0) is 0 Å². The van der Waals surface area contributed by atoms with Crippen molar-refractivity contribution in [3.05, 3.63) is 54.9 Å². The number of hydrogen-bond donors (Lipinski definition) is 0. The third kappa shape index (κ3) is 1.84. The number of hydrogen-bond acceptors (Lipinski definition) is 4. The number of benzene rings is 1. The van der Waals surface area contributed by atoms with Gasteiger partial charge in [0.25, 0.3) is 0 Å². The molecule has 102 valence electrons. The topological polar surface area (TPSA) is 48.2 Å². The molecule has 0 aliphatic heterocycles. The zero-order valence-electron chi connectivity index (χ0n) is 11.4. The van der Waals surface area contributed by atoms with Crippen molar-refractivity contribution in [1.29, 1.82) is 0 Å². The fourth-order valence-corrected chi connectivity index (χ4v) is 2.50. The number of rotatable bonds is 2. The first-order valence-corrected chi connectivity index (χ1v) is 6.63. The maximum absolute atomic E-state index is 5.65. The van der Waals surface area contributed by atoms with Crippen molar-refractivity contribution < 1.29 is 9.15 Å². The van der Waals surface area contributed by atoms with Crippen LogP contribution in [0.15, 0.2) is 59.3 Å². The standard InChI is InChI=1S/C17H12N2O2/c1-20-12-6-4-11(5-7-12)15-16-13(8-10-21-16)14-3-2-9-18-17(14)19-15/h2-10H,1H3. The van der Waals surface area contributed by atoms with Gasteiger partial charge in [0.1, 0.15) is 11.4 Å². The molecule has 4 aromatic rings. The average Bonchev–Trinajstić information content (AvgIpc) is 3.04. The van der Waals surface area contributed by atoms with Crippen molar-refractivity contribution >= 4 is 22.0 Å². The second kappa shape index (κ2) is 4.59. The number of nitrogens with zero attached hydrogens (tertiary/aromatic N) is 2. The van der Waals surface area contributed by atoms with Crippen molar-refractivity contribution in [3.63, 3.8) is 0 Å². The Kier molecular flexibility index (Phi) is 2.60. The van der Waals surface area contributed by atoms with Gasteiger partial charge in [0.05, 0.1) is 13.4 Å². The molecule has 4 rings (SSSR count). The van der Waals surface area contributed by atoms with E-state index in [4.69, 9.17) is 9.15 Å². The molecule has 0 fully saturated rings. The van der Waals surface area contributed by atoms with Crippen LogP contribution >= 0.6 is 0 Å². The Balaban J connectivity index is 2.03. The summed E-state index contributed by atoms with van der Waals surface area (Å²) in [5.74, 6) is 0.813. The minimum absolute atomic E-state index is 0.720. The number of pyridine rings is 2. The third-order valence-corrected chi connectivity index (χ3v) is 3.54. The Morgan fingerprint density at radius 1 is 1.00 bits per heavy atom. The van der Waals surface area contributed by atoms with E-state index in [0.717, 1.165) is 39.0 Å². The van der Waals surface area contributed by atoms with Gasteiger partial charge in [-0.3, -0.25) is 0 Å². The molecule has 21 heavy (non-hydrogen) atoms. The number of fused-ring (bicyclic) bond motifs is 3. The van der Waals surface area contributed by atoms with Gasteiger partial charge in [-0.2, -0.15) is 0 Å². The Morgan fingerprint density at radius 3 is 2.67 bits per heavy atom. The summed E-state index contributed by atoms with van der Waals surface area (Å²) in [6.07, 6.45) is 3.44.